The minimum absolute atomic E-state index is 0.400. The molecule has 1 aliphatic heterocycles. The lowest BCUT2D eigenvalue weighted by Crippen LogP contribution is -2.19. The van der Waals surface area contributed by atoms with Gasteiger partial charge in [-0.2, -0.15) is 0 Å². The molecule has 0 aromatic carbocycles. The van der Waals surface area contributed by atoms with Gasteiger partial charge in [0.15, 0.2) is 0 Å². The van der Waals surface area contributed by atoms with Crippen molar-refractivity contribution in [1.29, 1.82) is 0 Å². The molecular weight excluding hydrogens is 144 g/mol. The van der Waals surface area contributed by atoms with Gasteiger partial charge in [-0.25, -0.2) is 0 Å². The molecule has 0 atom stereocenters. The van der Waals surface area contributed by atoms with E-state index < -0.39 is 5.91 Å². The Morgan fingerprint density at radius 1 is 1.88 bits per heavy atom. The van der Waals surface area contributed by atoms with Crippen molar-refractivity contribution < 1.29 is 4.79 Å². The summed E-state index contributed by atoms with van der Waals surface area (Å²) < 4.78 is 2.72. The van der Waals surface area contributed by atoms with E-state index in [1.54, 1.807) is 5.41 Å². The number of nitrogens with one attached hydrogen (secondary N) is 1. The Balaban J connectivity index is 2.57. The standard InChI is InChI=1S/C3H4N2OS2/c4-3(6)2-1-7-8-5-2/h1,5H,(H2,4,6). The molecule has 3 N–H and O–H groups in total. The summed E-state index contributed by atoms with van der Waals surface area (Å²) in [6, 6.07) is 0. The Bertz CT molecular complexity index is 144. The number of primary amides is 1. The molecule has 0 spiro atoms. The molecule has 3 nitrogen and oxygen atoms in total. The van der Waals surface area contributed by atoms with Gasteiger partial charge in [0.25, 0.3) is 5.91 Å². The highest BCUT2D eigenvalue weighted by atomic mass is 33.1. The van der Waals surface area contributed by atoms with E-state index in [1.165, 1.54) is 21.8 Å². The van der Waals surface area contributed by atoms with E-state index in [4.69, 9.17) is 5.73 Å². The van der Waals surface area contributed by atoms with Gasteiger partial charge in [-0.3, -0.25) is 4.79 Å². The van der Waals surface area contributed by atoms with Gasteiger partial charge in [-0.15, -0.1) is 0 Å². The van der Waals surface area contributed by atoms with Crippen LogP contribution in [0.4, 0.5) is 0 Å². The van der Waals surface area contributed by atoms with Crippen LogP contribution < -0.4 is 10.5 Å². The number of nitrogens with two attached hydrogens (primary N) is 1. The molecule has 0 unspecified atom stereocenters. The van der Waals surface area contributed by atoms with Crippen molar-refractivity contribution in [2.45, 2.75) is 0 Å². The highest BCUT2D eigenvalue weighted by Crippen LogP contribution is 2.27. The monoisotopic (exact) mass is 148 g/mol. The van der Waals surface area contributed by atoms with Crippen molar-refractivity contribution >= 4 is 27.7 Å². The van der Waals surface area contributed by atoms with Crippen LogP contribution >= 0.6 is 21.8 Å². The lowest BCUT2D eigenvalue weighted by atomic mass is 10.5. The van der Waals surface area contributed by atoms with Crippen molar-refractivity contribution in [3.8, 4) is 0 Å². The molecule has 0 saturated heterocycles. The first kappa shape index (κ1) is 5.84. The summed E-state index contributed by atoms with van der Waals surface area (Å²) in [4.78, 5) is 10.3. The van der Waals surface area contributed by atoms with Crippen LogP contribution in [0.1, 0.15) is 0 Å². The van der Waals surface area contributed by atoms with E-state index >= 15 is 0 Å². The fourth-order valence-corrected chi connectivity index (χ4v) is 1.81. The molecule has 0 radical (unpaired) electrons. The van der Waals surface area contributed by atoms with Crippen molar-refractivity contribution in [2.24, 2.45) is 5.73 Å². The Labute approximate surface area is 54.6 Å². The topological polar surface area (TPSA) is 55.1 Å². The predicted molar refractivity (Wildman–Crippen MR) is 35.6 cm³/mol. The zero-order chi connectivity index (χ0) is 5.98. The average Bonchev–Trinajstić information content (AvgIpc) is 2.12. The molecule has 44 valence electrons. The zero-order valence-corrected chi connectivity index (χ0v) is 5.51. The number of carbonyl (C=O) groups is 1. The van der Waals surface area contributed by atoms with Gasteiger partial charge < -0.3 is 10.5 Å². The lowest BCUT2D eigenvalue weighted by molar-refractivity contribution is -0.114. The quantitative estimate of drug-likeness (QED) is 0.412. The third-order valence-electron chi connectivity index (χ3n) is 0.631. The maximum Gasteiger partial charge on any atom is 0.266 e. The van der Waals surface area contributed by atoms with E-state index in [0.29, 0.717) is 5.70 Å². The molecule has 0 aliphatic carbocycles. The van der Waals surface area contributed by atoms with E-state index in [-0.39, 0.29) is 0 Å². The minimum atomic E-state index is -0.400. The van der Waals surface area contributed by atoms with Crippen LogP contribution in [0.15, 0.2) is 11.1 Å². The van der Waals surface area contributed by atoms with E-state index in [1.807, 2.05) is 0 Å². The first-order chi connectivity index (χ1) is 3.80. The van der Waals surface area contributed by atoms with Crippen LogP contribution in [-0.2, 0) is 4.79 Å². The highest BCUT2D eigenvalue weighted by Gasteiger charge is 2.08. The zero-order valence-electron chi connectivity index (χ0n) is 3.88. The summed E-state index contributed by atoms with van der Waals surface area (Å²) in [5.41, 5.74) is 5.39. The van der Waals surface area contributed by atoms with Crippen LogP contribution in [0.5, 0.6) is 0 Å². The number of hydrogen-bond donors (Lipinski definition) is 2. The van der Waals surface area contributed by atoms with Gasteiger partial charge in [-0.05, 0) is 10.8 Å². The van der Waals surface area contributed by atoms with Crippen molar-refractivity contribution in [1.82, 2.24) is 4.72 Å². The number of amides is 1. The highest BCUT2D eigenvalue weighted by molar-refractivity contribution is 8.77. The van der Waals surface area contributed by atoms with Gasteiger partial charge in [0, 0.05) is 16.4 Å². The first-order valence-electron chi connectivity index (χ1n) is 1.89. The maximum absolute atomic E-state index is 10.3. The molecule has 0 aromatic heterocycles. The smallest absolute Gasteiger partial charge is 0.266 e. The molecule has 1 rings (SSSR count). The normalized spacial score (nSPS) is 17.2. The Kier molecular flexibility index (Phi) is 1.69. The Morgan fingerprint density at radius 3 is 2.88 bits per heavy atom. The Morgan fingerprint density at radius 2 is 2.62 bits per heavy atom. The van der Waals surface area contributed by atoms with Crippen molar-refractivity contribution in [3.63, 3.8) is 0 Å². The molecule has 1 amide bonds. The molecule has 1 aliphatic rings. The van der Waals surface area contributed by atoms with Crippen LogP contribution in [0.2, 0.25) is 0 Å². The molecule has 0 fully saturated rings. The second-order valence-electron chi connectivity index (χ2n) is 1.18. The largest absolute Gasteiger partial charge is 0.364 e. The van der Waals surface area contributed by atoms with Gasteiger partial charge in [0.05, 0.1) is 0 Å². The average molecular weight is 148 g/mol. The summed E-state index contributed by atoms with van der Waals surface area (Å²) in [6.07, 6.45) is 0. The summed E-state index contributed by atoms with van der Waals surface area (Å²) in [5, 5.41) is 1.69. The van der Waals surface area contributed by atoms with Crippen LogP contribution in [0.25, 0.3) is 0 Å². The third kappa shape index (κ3) is 1.10. The molecule has 5 heteroatoms. The number of carbonyl (C=O) groups excluding carboxylic acids is 1. The van der Waals surface area contributed by atoms with Crippen LogP contribution in [-0.4, -0.2) is 5.91 Å². The summed E-state index contributed by atoms with van der Waals surface area (Å²) in [5.74, 6) is -0.400. The molecule has 8 heavy (non-hydrogen) atoms. The fourth-order valence-electron chi connectivity index (χ4n) is 0.274. The maximum atomic E-state index is 10.3. The van der Waals surface area contributed by atoms with E-state index in [9.17, 15) is 4.79 Å². The third-order valence-corrected chi connectivity index (χ3v) is 2.19. The molecule has 0 bridgehead atoms. The minimum Gasteiger partial charge on any atom is -0.364 e. The van der Waals surface area contributed by atoms with E-state index in [0.717, 1.165) is 0 Å². The van der Waals surface area contributed by atoms with Gasteiger partial charge in [-0.1, -0.05) is 0 Å². The van der Waals surface area contributed by atoms with Gasteiger partial charge in [0.1, 0.15) is 5.70 Å². The second-order valence-corrected chi connectivity index (χ2v) is 3.05. The SMILES string of the molecule is NC(=O)C1=CSSN1. The number of hydrogen-bond acceptors (Lipinski definition) is 4. The predicted octanol–water partition coefficient (Wildman–Crippen LogP) is 0.213. The molecule has 0 saturated carbocycles. The van der Waals surface area contributed by atoms with E-state index in [2.05, 4.69) is 4.72 Å². The van der Waals surface area contributed by atoms with Crippen molar-refractivity contribution in [3.05, 3.63) is 11.1 Å². The second kappa shape index (κ2) is 2.32. The van der Waals surface area contributed by atoms with Gasteiger partial charge >= 0.3 is 0 Å². The van der Waals surface area contributed by atoms with Crippen LogP contribution in [0.3, 0.4) is 0 Å². The first-order valence-corrected chi connectivity index (χ1v) is 4.10. The molecule has 1 heterocycles. The number of rotatable bonds is 1. The lowest BCUT2D eigenvalue weighted by Gasteiger charge is -1.91. The van der Waals surface area contributed by atoms with Gasteiger partial charge in [0.2, 0.25) is 0 Å². The summed E-state index contributed by atoms with van der Waals surface area (Å²) >= 11 is 0. The van der Waals surface area contributed by atoms with Crippen molar-refractivity contribution in [2.75, 3.05) is 0 Å². The molecule has 0 aromatic rings. The molecular formula is C3H4N2OS2. The summed E-state index contributed by atoms with van der Waals surface area (Å²) in [6.45, 7) is 0. The Hall–Kier alpha value is -0.290. The van der Waals surface area contributed by atoms with Crippen LogP contribution in [0, 0.1) is 0 Å². The summed E-state index contributed by atoms with van der Waals surface area (Å²) in [7, 11) is 2.84. The fraction of sp³-hybridized carbons (Fsp3) is 0.